The molecule has 1 unspecified atom stereocenters. The summed E-state index contributed by atoms with van der Waals surface area (Å²) in [6.07, 6.45) is 2.00. The summed E-state index contributed by atoms with van der Waals surface area (Å²) in [5, 5.41) is 11.6. The summed E-state index contributed by atoms with van der Waals surface area (Å²) < 4.78 is 0. The number of rotatable bonds is 3. The van der Waals surface area contributed by atoms with E-state index in [9.17, 15) is 9.90 Å². The number of fused-ring (bicyclic) bond motifs is 1. The van der Waals surface area contributed by atoms with Crippen LogP contribution in [-0.4, -0.2) is 34.7 Å². The van der Waals surface area contributed by atoms with Gasteiger partial charge in [0.2, 0.25) is 0 Å². The van der Waals surface area contributed by atoms with Crippen LogP contribution in [0.5, 0.6) is 0 Å². The number of carbonyl (C=O) groups is 1. The molecule has 1 aromatic heterocycles. The fourth-order valence-corrected chi connectivity index (χ4v) is 3.52. The average molecular weight is 313 g/mol. The van der Waals surface area contributed by atoms with Gasteiger partial charge in [-0.2, -0.15) is 0 Å². The van der Waals surface area contributed by atoms with Gasteiger partial charge in [0.25, 0.3) is 5.91 Å². The molecule has 1 aromatic carbocycles. The van der Waals surface area contributed by atoms with Crippen molar-refractivity contribution in [2.75, 3.05) is 18.0 Å². The molecule has 0 radical (unpaired) electrons. The number of para-hydroxylation sites is 1. The van der Waals surface area contributed by atoms with Crippen molar-refractivity contribution in [1.82, 2.24) is 4.98 Å². The molecule has 0 bridgehead atoms. The lowest BCUT2D eigenvalue weighted by atomic mass is 9.91. The summed E-state index contributed by atoms with van der Waals surface area (Å²) in [7, 11) is 0. The second kappa shape index (κ2) is 5.81. The fraction of sp³-hybridized carbons (Fsp3) is 0.444. The van der Waals surface area contributed by atoms with Crippen LogP contribution in [-0.2, 0) is 11.2 Å². The predicted octanol–water partition coefficient (Wildman–Crippen LogP) is 1.92. The maximum atomic E-state index is 11.7. The van der Waals surface area contributed by atoms with Gasteiger partial charge in [-0.1, -0.05) is 25.1 Å². The Balaban J connectivity index is 2.15. The fourth-order valence-electron chi connectivity index (χ4n) is 3.52. The zero-order chi connectivity index (χ0) is 16.6. The number of aliphatic hydroxyl groups is 1. The van der Waals surface area contributed by atoms with Crippen molar-refractivity contribution >= 4 is 22.5 Å². The molecule has 0 aliphatic carbocycles. The minimum atomic E-state index is -1.46. The molecular formula is C18H23N3O2. The molecule has 5 heteroatoms. The number of anilines is 1. The molecule has 3 rings (SSSR count). The number of primary amides is 1. The van der Waals surface area contributed by atoms with Crippen molar-refractivity contribution in [1.29, 1.82) is 0 Å². The molecule has 5 nitrogen and oxygen atoms in total. The van der Waals surface area contributed by atoms with Crippen molar-refractivity contribution in [3.63, 3.8) is 0 Å². The Labute approximate surface area is 136 Å². The summed E-state index contributed by atoms with van der Waals surface area (Å²) >= 11 is 0. The minimum Gasteiger partial charge on any atom is -0.378 e. The molecule has 1 aliphatic heterocycles. The number of amides is 1. The Bertz CT molecular complexity index is 759. The summed E-state index contributed by atoms with van der Waals surface area (Å²) in [6.45, 7) is 5.18. The molecule has 23 heavy (non-hydrogen) atoms. The molecule has 0 spiro atoms. The van der Waals surface area contributed by atoms with Crippen molar-refractivity contribution in [3.8, 4) is 0 Å². The van der Waals surface area contributed by atoms with Gasteiger partial charge < -0.3 is 15.7 Å². The first-order valence-electron chi connectivity index (χ1n) is 8.11. The van der Waals surface area contributed by atoms with Crippen LogP contribution in [0.2, 0.25) is 0 Å². The molecule has 1 saturated heterocycles. The topological polar surface area (TPSA) is 79.4 Å². The van der Waals surface area contributed by atoms with Gasteiger partial charge in [0.15, 0.2) is 5.60 Å². The number of aryl methyl sites for hydroxylation is 1. The van der Waals surface area contributed by atoms with E-state index in [2.05, 4.69) is 18.7 Å². The quantitative estimate of drug-likeness (QED) is 0.907. The van der Waals surface area contributed by atoms with E-state index < -0.39 is 11.5 Å². The summed E-state index contributed by atoms with van der Waals surface area (Å²) in [6, 6.07) is 8.01. The predicted molar refractivity (Wildman–Crippen MR) is 91.4 cm³/mol. The van der Waals surface area contributed by atoms with Crippen LogP contribution in [0.25, 0.3) is 10.9 Å². The molecule has 2 aromatic rings. The van der Waals surface area contributed by atoms with E-state index in [4.69, 9.17) is 10.7 Å². The van der Waals surface area contributed by atoms with Gasteiger partial charge in [-0.3, -0.25) is 9.78 Å². The number of nitrogens with two attached hydrogens (primary N) is 1. The molecule has 0 saturated carbocycles. The number of hydrogen-bond acceptors (Lipinski definition) is 4. The van der Waals surface area contributed by atoms with Crippen molar-refractivity contribution < 1.29 is 9.90 Å². The summed E-state index contributed by atoms with van der Waals surface area (Å²) in [4.78, 5) is 18.5. The molecule has 2 heterocycles. The Hall–Kier alpha value is -2.14. The van der Waals surface area contributed by atoms with Crippen LogP contribution in [0.4, 0.5) is 5.69 Å². The molecule has 1 atom stereocenters. The van der Waals surface area contributed by atoms with E-state index in [0.29, 0.717) is 6.42 Å². The number of nitrogens with zero attached hydrogens (tertiary/aromatic N) is 2. The Morgan fingerprint density at radius 2 is 2.17 bits per heavy atom. The van der Waals surface area contributed by atoms with Crippen molar-refractivity contribution in [2.24, 2.45) is 5.73 Å². The van der Waals surface area contributed by atoms with E-state index in [0.717, 1.165) is 47.2 Å². The van der Waals surface area contributed by atoms with Crippen LogP contribution in [0.3, 0.4) is 0 Å². The maximum Gasteiger partial charge on any atom is 0.251 e. The highest BCUT2D eigenvalue weighted by molar-refractivity contribution is 5.94. The second-order valence-electron chi connectivity index (χ2n) is 6.32. The van der Waals surface area contributed by atoms with Gasteiger partial charge >= 0.3 is 0 Å². The lowest BCUT2D eigenvalue weighted by molar-refractivity contribution is -0.137. The number of pyridine rings is 1. The maximum absolute atomic E-state index is 11.7. The molecular weight excluding hydrogens is 290 g/mol. The molecule has 1 aliphatic rings. The van der Waals surface area contributed by atoms with Crippen molar-refractivity contribution in [2.45, 2.75) is 38.7 Å². The van der Waals surface area contributed by atoms with Gasteiger partial charge in [0, 0.05) is 17.6 Å². The van der Waals surface area contributed by atoms with E-state index in [1.165, 1.54) is 0 Å². The third-order valence-corrected chi connectivity index (χ3v) is 4.78. The van der Waals surface area contributed by atoms with Crippen molar-refractivity contribution in [3.05, 3.63) is 35.5 Å². The zero-order valence-corrected chi connectivity index (χ0v) is 13.7. The molecule has 1 amide bonds. The summed E-state index contributed by atoms with van der Waals surface area (Å²) in [5.41, 5.74) is 8.13. The number of piperidine rings is 1. The highest BCUT2D eigenvalue weighted by Gasteiger charge is 2.39. The average Bonchev–Trinajstić information content (AvgIpc) is 2.54. The number of β-amino-alcohol motifs (C(OH)–C–C–N with tert-alkyl or cyclic N) is 1. The monoisotopic (exact) mass is 313 g/mol. The molecule has 122 valence electrons. The SMILES string of the molecule is CCc1nc2ccccc2c(N2CCCC(O)(C(N)=O)C2)c1C. The van der Waals surface area contributed by atoms with Gasteiger partial charge in [-0.05, 0) is 37.8 Å². The van der Waals surface area contributed by atoms with Crippen LogP contribution in [0.1, 0.15) is 31.0 Å². The molecule has 1 fully saturated rings. The highest BCUT2D eigenvalue weighted by Crippen LogP contribution is 2.35. The normalized spacial score (nSPS) is 21.6. The summed E-state index contributed by atoms with van der Waals surface area (Å²) in [5.74, 6) is -0.645. The Kier molecular flexibility index (Phi) is 3.98. The minimum absolute atomic E-state index is 0.236. The van der Waals surface area contributed by atoms with Crippen LogP contribution < -0.4 is 10.6 Å². The van der Waals surface area contributed by atoms with Gasteiger partial charge in [-0.15, -0.1) is 0 Å². The number of aromatic nitrogens is 1. The van der Waals surface area contributed by atoms with Crippen LogP contribution in [0, 0.1) is 6.92 Å². The van der Waals surface area contributed by atoms with Crippen LogP contribution in [0.15, 0.2) is 24.3 Å². The van der Waals surface area contributed by atoms with E-state index >= 15 is 0 Å². The number of hydrogen-bond donors (Lipinski definition) is 2. The third-order valence-electron chi connectivity index (χ3n) is 4.78. The smallest absolute Gasteiger partial charge is 0.251 e. The van der Waals surface area contributed by atoms with Crippen LogP contribution >= 0.6 is 0 Å². The number of benzene rings is 1. The zero-order valence-electron chi connectivity index (χ0n) is 13.7. The lowest BCUT2D eigenvalue weighted by Gasteiger charge is -2.39. The van der Waals surface area contributed by atoms with E-state index in [1.54, 1.807) is 0 Å². The standard InChI is InChI=1S/C18H23N3O2/c1-3-14-12(2)16(13-7-4-5-8-15(13)20-14)21-10-6-9-18(23,11-21)17(19)22/h4-5,7-8,23H,3,6,9-11H2,1-2H3,(H2,19,22). The van der Waals surface area contributed by atoms with E-state index in [1.807, 2.05) is 24.3 Å². The molecule has 3 N–H and O–H groups in total. The lowest BCUT2D eigenvalue weighted by Crippen LogP contribution is -2.56. The largest absolute Gasteiger partial charge is 0.378 e. The number of carbonyl (C=O) groups excluding carboxylic acids is 1. The first kappa shape index (κ1) is 15.7. The van der Waals surface area contributed by atoms with Gasteiger partial charge in [0.05, 0.1) is 17.7 Å². The Morgan fingerprint density at radius 3 is 2.87 bits per heavy atom. The third kappa shape index (κ3) is 2.65. The second-order valence-corrected chi connectivity index (χ2v) is 6.32. The first-order chi connectivity index (χ1) is 11.0. The Morgan fingerprint density at radius 1 is 1.43 bits per heavy atom. The van der Waals surface area contributed by atoms with Gasteiger partial charge in [0.1, 0.15) is 0 Å². The first-order valence-corrected chi connectivity index (χ1v) is 8.11. The highest BCUT2D eigenvalue weighted by atomic mass is 16.3. The van der Waals surface area contributed by atoms with E-state index in [-0.39, 0.29) is 6.54 Å². The van der Waals surface area contributed by atoms with Gasteiger partial charge in [-0.25, -0.2) is 0 Å².